The third-order valence-corrected chi connectivity index (χ3v) is 10.8. The van der Waals surface area contributed by atoms with Crippen LogP contribution in [0.2, 0.25) is 13.1 Å². The van der Waals surface area contributed by atoms with Crippen LogP contribution in [0.5, 0.6) is 5.75 Å². The molecule has 0 bridgehead atoms. The van der Waals surface area contributed by atoms with Gasteiger partial charge in [0.2, 0.25) is 10.0 Å². The molecule has 6 nitrogen and oxygen atoms in total. The van der Waals surface area contributed by atoms with Gasteiger partial charge in [-0.2, -0.15) is 0 Å². The van der Waals surface area contributed by atoms with Crippen LogP contribution in [0.4, 0.5) is 0 Å². The van der Waals surface area contributed by atoms with E-state index in [-0.39, 0.29) is 23.0 Å². The standard InChI is InChI=1S/C19H27NO5S2Si/c1-4-26(21,22)15-14-25-17-10-12-18(13-11-17)27(23,24)20-16-28(2,3)19-8-6-5-7-9-19/h5-13,20H,4,14-16H2,1-3H3. The van der Waals surface area contributed by atoms with Crippen LogP contribution in [-0.2, 0) is 19.9 Å². The van der Waals surface area contributed by atoms with Crippen molar-refractivity contribution < 1.29 is 21.6 Å². The SMILES string of the molecule is CCS(=O)(=O)CCOc1ccc(S(=O)(=O)NC[Si](C)(C)c2ccccc2)cc1. The number of sulfonamides is 1. The maximum Gasteiger partial charge on any atom is 0.240 e. The number of rotatable bonds is 10. The Morgan fingerprint density at radius 3 is 2.11 bits per heavy atom. The molecule has 0 saturated carbocycles. The minimum absolute atomic E-state index is 0.0391. The predicted molar refractivity (Wildman–Crippen MR) is 115 cm³/mol. The van der Waals surface area contributed by atoms with Gasteiger partial charge >= 0.3 is 0 Å². The fraction of sp³-hybridized carbons (Fsp3) is 0.368. The summed E-state index contributed by atoms with van der Waals surface area (Å²) in [5.74, 6) is 0.441. The smallest absolute Gasteiger partial charge is 0.240 e. The molecule has 0 aliphatic heterocycles. The topological polar surface area (TPSA) is 89.5 Å². The molecule has 28 heavy (non-hydrogen) atoms. The Morgan fingerprint density at radius 2 is 1.54 bits per heavy atom. The van der Waals surface area contributed by atoms with Crippen LogP contribution >= 0.6 is 0 Å². The predicted octanol–water partition coefficient (Wildman–Crippen LogP) is 1.93. The normalized spacial score (nSPS) is 12.7. The molecule has 9 heteroatoms. The quantitative estimate of drug-likeness (QED) is 0.569. The molecule has 0 atom stereocenters. The highest BCUT2D eigenvalue weighted by Gasteiger charge is 2.26. The van der Waals surface area contributed by atoms with E-state index >= 15 is 0 Å². The summed E-state index contributed by atoms with van der Waals surface area (Å²) in [4.78, 5) is 0.152. The van der Waals surface area contributed by atoms with E-state index in [9.17, 15) is 16.8 Å². The van der Waals surface area contributed by atoms with Crippen molar-refractivity contribution in [3.05, 3.63) is 54.6 Å². The monoisotopic (exact) mass is 441 g/mol. The Balaban J connectivity index is 1.98. The van der Waals surface area contributed by atoms with Gasteiger partial charge in [-0.3, -0.25) is 0 Å². The van der Waals surface area contributed by atoms with Gasteiger partial charge in [-0.05, 0) is 24.3 Å². The second-order valence-electron chi connectivity index (χ2n) is 7.13. The van der Waals surface area contributed by atoms with Crippen molar-refractivity contribution in [2.45, 2.75) is 24.9 Å². The third kappa shape index (κ3) is 6.44. The van der Waals surface area contributed by atoms with Crippen LogP contribution in [0.1, 0.15) is 6.92 Å². The van der Waals surface area contributed by atoms with Crippen molar-refractivity contribution >= 4 is 33.1 Å². The number of benzene rings is 2. The molecule has 0 aliphatic carbocycles. The van der Waals surface area contributed by atoms with Gasteiger partial charge in [0.1, 0.15) is 12.4 Å². The first-order valence-corrected chi connectivity index (χ1v) is 15.6. The summed E-state index contributed by atoms with van der Waals surface area (Å²) in [6, 6.07) is 15.9. The van der Waals surface area contributed by atoms with E-state index in [1.54, 1.807) is 6.92 Å². The van der Waals surface area contributed by atoms with Crippen LogP contribution in [0.3, 0.4) is 0 Å². The number of hydrogen-bond acceptors (Lipinski definition) is 5. The molecule has 0 unspecified atom stereocenters. The van der Waals surface area contributed by atoms with Gasteiger partial charge in [-0.15, -0.1) is 0 Å². The van der Waals surface area contributed by atoms with Crippen molar-refractivity contribution in [3.8, 4) is 5.75 Å². The van der Waals surface area contributed by atoms with Gasteiger partial charge in [-0.1, -0.05) is 55.5 Å². The van der Waals surface area contributed by atoms with E-state index in [0.717, 1.165) is 0 Å². The summed E-state index contributed by atoms with van der Waals surface area (Å²) >= 11 is 0. The summed E-state index contributed by atoms with van der Waals surface area (Å²) in [5.41, 5.74) is 0. The van der Waals surface area contributed by atoms with Gasteiger partial charge in [-0.25, -0.2) is 21.6 Å². The van der Waals surface area contributed by atoms with E-state index in [2.05, 4.69) is 17.8 Å². The molecule has 0 fully saturated rings. The van der Waals surface area contributed by atoms with Gasteiger partial charge in [0.25, 0.3) is 0 Å². The number of ether oxygens (including phenoxy) is 1. The number of nitrogens with one attached hydrogen (secondary N) is 1. The lowest BCUT2D eigenvalue weighted by Gasteiger charge is -2.23. The average molecular weight is 442 g/mol. The van der Waals surface area contributed by atoms with Gasteiger partial charge < -0.3 is 4.74 Å². The lowest BCUT2D eigenvalue weighted by atomic mass is 10.3. The summed E-state index contributed by atoms with van der Waals surface area (Å²) in [7, 11) is -8.67. The zero-order chi connectivity index (χ0) is 20.8. The Bertz CT molecular complexity index is 973. The van der Waals surface area contributed by atoms with E-state index in [4.69, 9.17) is 4.74 Å². The molecule has 2 rings (SSSR count). The van der Waals surface area contributed by atoms with E-state index in [0.29, 0.717) is 11.9 Å². The highest BCUT2D eigenvalue weighted by Crippen LogP contribution is 2.16. The average Bonchev–Trinajstić information content (AvgIpc) is 2.68. The van der Waals surface area contributed by atoms with Crippen molar-refractivity contribution in [2.75, 3.05) is 24.3 Å². The summed E-state index contributed by atoms with van der Waals surface area (Å²) < 4.78 is 56.2. The first kappa shape index (κ1) is 22.6. The summed E-state index contributed by atoms with van der Waals surface area (Å²) in [6.07, 6.45) is 0.395. The molecular weight excluding hydrogens is 414 g/mol. The molecule has 0 amide bonds. The zero-order valence-electron chi connectivity index (χ0n) is 16.4. The first-order chi connectivity index (χ1) is 13.1. The largest absolute Gasteiger partial charge is 0.493 e. The Morgan fingerprint density at radius 1 is 0.929 bits per heavy atom. The van der Waals surface area contributed by atoms with Crippen molar-refractivity contribution in [3.63, 3.8) is 0 Å². The molecular formula is C19H27NO5S2Si. The number of sulfone groups is 1. The molecule has 1 N–H and O–H groups in total. The van der Waals surface area contributed by atoms with Gasteiger partial charge in [0.15, 0.2) is 9.84 Å². The Labute approximate surface area is 168 Å². The highest BCUT2D eigenvalue weighted by atomic mass is 32.2. The molecule has 0 saturated heterocycles. The second kappa shape index (κ2) is 9.21. The summed E-state index contributed by atoms with van der Waals surface area (Å²) in [5, 5.41) is 1.18. The molecule has 0 aliphatic rings. The molecule has 0 radical (unpaired) electrons. The van der Waals surface area contributed by atoms with Crippen LogP contribution in [-0.4, -0.2) is 49.2 Å². The van der Waals surface area contributed by atoms with Crippen LogP contribution in [0.25, 0.3) is 0 Å². The van der Waals surface area contributed by atoms with Crippen LogP contribution < -0.4 is 14.6 Å². The minimum Gasteiger partial charge on any atom is -0.493 e. The molecule has 0 spiro atoms. The van der Waals surface area contributed by atoms with Crippen LogP contribution in [0.15, 0.2) is 59.5 Å². The lowest BCUT2D eigenvalue weighted by Crippen LogP contribution is -2.51. The fourth-order valence-corrected chi connectivity index (χ4v) is 7.29. The maximum atomic E-state index is 12.6. The van der Waals surface area contributed by atoms with Crippen LogP contribution in [0, 0.1) is 0 Å². The Kier molecular flexibility index (Phi) is 7.44. The molecule has 0 aromatic heterocycles. The van der Waals surface area contributed by atoms with E-state index < -0.39 is 27.9 Å². The number of hydrogen-bond donors (Lipinski definition) is 1. The fourth-order valence-electron chi connectivity index (χ4n) is 2.50. The zero-order valence-corrected chi connectivity index (χ0v) is 19.0. The Hall–Kier alpha value is -1.68. The molecule has 2 aromatic carbocycles. The van der Waals surface area contributed by atoms with E-state index in [1.807, 2.05) is 30.3 Å². The van der Waals surface area contributed by atoms with Crippen molar-refractivity contribution in [1.82, 2.24) is 4.72 Å². The summed E-state index contributed by atoms with van der Waals surface area (Å²) in [6.45, 7) is 5.86. The van der Waals surface area contributed by atoms with Gasteiger partial charge in [0.05, 0.1) is 18.7 Å². The van der Waals surface area contributed by atoms with Gasteiger partial charge in [0, 0.05) is 11.9 Å². The maximum absolute atomic E-state index is 12.6. The van der Waals surface area contributed by atoms with Crippen molar-refractivity contribution in [1.29, 1.82) is 0 Å². The molecule has 0 heterocycles. The van der Waals surface area contributed by atoms with Crippen molar-refractivity contribution in [2.24, 2.45) is 0 Å². The molecule has 154 valence electrons. The first-order valence-electron chi connectivity index (χ1n) is 9.04. The molecule has 2 aromatic rings. The highest BCUT2D eigenvalue weighted by molar-refractivity contribution is 7.91. The minimum atomic E-state index is -3.63. The lowest BCUT2D eigenvalue weighted by molar-refractivity contribution is 0.340. The third-order valence-electron chi connectivity index (χ3n) is 4.50. The van der Waals surface area contributed by atoms with E-state index in [1.165, 1.54) is 29.5 Å². The second-order valence-corrected chi connectivity index (χ2v) is 16.1.